The van der Waals surface area contributed by atoms with E-state index in [1.54, 1.807) is 52.5 Å². The monoisotopic (exact) mass is 454 g/mol. The number of hydroxylamine groups is 1. The maximum atomic E-state index is 13.9. The summed E-state index contributed by atoms with van der Waals surface area (Å²) in [5.74, 6) is -0.349. The predicted molar refractivity (Wildman–Crippen MR) is 120 cm³/mol. The number of nitrogens with one attached hydrogen (secondary N) is 2. The van der Waals surface area contributed by atoms with Gasteiger partial charge in [-0.15, -0.1) is 0 Å². The minimum Gasteiger partial charge on any atom is -0.326 e. The smallest absolute Gasteiger partial charge is 0.326 e. The number of imidazole rings is 1. The molecule has 1 heterocycles. The van der Waals surface area contributed by atoms with Gasteiger partial charge in [0.25, 0.3) is 5.91 Å². The molecule has 0 aliphatic carbocycles. The van der Waals surface area contributed by atoms with Crippen molar-refractivity contribution in [2.75, 3.05) is 5.32 Å². The van der Waals surface area contributed by atoms with Gasteiger partial charge in [-0.05, 0) is 55.3 Å². The van der Waals surface area contributed by atoms with E-state index in [1.807, 2.05) is 13.8 Å². The molecule has 0 spiro atoms. The van der Waals surface area contributed by atoms with Crippen LogP contribution in [0.3, 0.4) is 0 Å². The third-order valence-corrected chi connectivity index (χ3v) is 5.22. The second-order valence-electron chi connectivity index (χ2n) is 7.80. The Morgan fingerprint density at radius 2 is 1.76 bits per heavy atom. The van der Waals surface area contributed by atoms with E-state index in [1.165, 1.54) is 18.2 Å². The van der Waals surface area contributed by atoms with E-state index in [-0.39, 0.29) is 22.7 Å². The van der Waals surface area contributed by atoms with Crippen molar-refractivity contribution in [3.05, 3.63) is 77.9 Å². The average Bonchev–Trinajstić information content (AvgIpc) is 3.15. The standard InChI is InChI=1S/C24H21F3N4O2/c1-14(2)31-21-12-18(15-7-4-3-5-8-15)19(24(25,26)27)13-20(21)29-23(31)28-17-10-6-9-16(11-17)22(32)30-33/h3-14,33H,1-2H3,(H,28,29)(H,30,32). The Morgan fingerprint density at radius 3 is 2.39 bits per heavy atom. The molecule has 9 heteroatoms. The summed E-state index contributed by atoms with van der Waals surface area (Å²) >= 11 is 0. The predicted octanol–water partition coefficient (Wildman–Crippen LogP) is 6.17. The van der Waals surface area contributed by atoms with Crippen LogP contribution in [-0.2, 0) is 6.18 Å². The number of benzene rings is 3. The largest absolute Gasteiger partial charge is 0.417 e. The highest BCUT2D eigenvalue weighted by Crippen LogP contribution is 2.40. The lowest BCUT2D eigenvalue weighted by Gasteiger charge is -2.16. The number of carbonyl (C=O) groups is 1. The fourth-order valence-corrected chi connectivity index (χ4v) is 3.78. The van der Waals surface area contributed by atoms with Gasteiger partial charge in [0.1, 0.15) is 0 Å². The third-order valence-electron chi connectivity index (χ3n) is 5.22. The highest BCUT2D eigenvalue weighted by molar-refractivity contribution is 5.94. The molecule has 170 valence electrons. The third kappa shape index (κ3) is 4.40. The van der Waals surface area contributed by atoms with Gasteiger partial charge >= 0.3 is 6.18 Å². The van der Waals surface area contributed by atoms with Crippen molar-refractivity contribution in [2.24, 2.45) is 0 Å². The molecular formula is C24H21F3N4O2. The molecule has 3 aromatic carbocycles. The van der Waals surface area contributed by atoms with E-state index in [0.29, 0.717) is 22.7 Å². The van der Waals surface area contributed by atoms with Crippen LogP contribution in [0.25, 0.3) is 22.2 Å². The summed E-state index contributed by atoms with van der Waals surface area (Å²) in [6, 6.07) is 17.2. The second-order valence-corrected chi connectivity index (χ2v) is 7.80. The Labute approximate surface area is 187 Å². The van der Waals surface area contributed by atoms with Gasteiger partial charge in [-0.1, -0.05) is 36.4 Å². The fourth-order valence-electron chi connectivity index (χ4n) is 3.78. The van der Waals surface area contributed by atoms with E-state index in [4.69, 9.17) is 5.21 Å². The van der Waals surface area contributed by atoms with E-state index in [0.717, 1.165) is 6.07 Å². The number of fused-ring (bicyclic) bond motifs is 1. The van der Waals surface area contributed by atoms with Crippen LogP contribution in [0.2, 0.25) is 0 Å². The first-order chi connectivity index (χ1) is 15.7. The first-order valence-electron chi connectivity index (χ1n) is 10.2. The van der Waals surface area contributed by atoms with E-state index in [2.05, 4.69) is 10.3 Å². The summed E-state index contributed by atoms with van der Waals surface area (Å²) in [6.45, 7) is 3.81. The number of halogens is 3. The first-order valence-corrected chi connectivity index (χ1v) is 10.2. The van der Waals surface area contributed by atoms with Gasteiger partial charge in [0.15, 0.2) is 0 Å². The normalized spacial score (nSPS) is 11.7. The molecule has 0 bridgehead atoms. The van der Waals surface area contributed by atoms with Crippen molar-refractivity contribution < 1.29 is 23.2 Å². The summed E-state index contributed by atoms with van der Waals surface area (Å²) in [7, 11) is 0. The van der Waals surface area contributed by atoms with Crippen LogP contribution in [-0.4, -0.2) is 20.7 Å². The van der Waals surface area contributed by atoms with Crippen LogP contribution in [0.4, 0.5) is 24.8 Å². The lowest BCUT2D eigenvalue weighted by molar-refractivity contribution is -0.137. The molecule has 33 heavy (non-hydrogen) atoms. The highest BCUT2D eigenvalue weighted by atomic mass is 19.4. The van der Waals surface area contributed by atoms with Crippen molar-refractivity contribution in [2.45, 2.75) is 26.1 Å². The van der Waals surface area contributed by atoms with Gasteiger partial charge < -0.3 is 9.88 Å². The number of aromatic nitrogens is 2. The Bertz CT molecular complexity index is 1310. The molecule has 1 aromatic heterocycles. The number of rotatable bonds is 5. The quantitative estimate of drug-likeness (QED) is 0.249. The maximum absolute atomic E-state index is 13.9. The number of hydrogen-bond acceptors (Lipinski definition) is 4. The van der Waals surface area contributed by atoms with Gasteiger partial charge in [-0.2, -0.15) is 13.2 Å². The zero-order valence-corrected chi connectivity index (χ0v) is 17.8. The molecule has 0 fully saturated rings. The minimum atomic E-state index is -4.56. The SMILES string of the molecule is CC(C)n1c(Nc2cccc(C(=O)NO)c2)nc2cc(C(F)(F)F)c(-c3ccccc3)cc21. The molecule has 0 radical (unpaired) electrons. The molecule has 0 aliphatic heterocycles. The van der Waals surface area contributed by atoms with Crippen molar-refractivity contribution in [3.63, 3.8) is 0 Å². The summed E-state index contributed by atoms with van der Waals surface area (Å²) in [6.07, 6.45) is -4.56. The molecule has 0 aliphatic rings. The van der Waals surface area contributed by atoms with Gasteiger partial charge in [0.05, 0.1) is 16.6 Å². The Kier molecular flexibility index (Phi) is 5.82. The average molecular weight is 454 g/mol. The van der Waals surface area contributed by atoms with Gasteiger partial charge in [-0.3, -0.25) is 10.0 Å². The van der Waals surface area contributed by atoms with Gasteiger partial charge in [-0.25, -0.2) is 10.5 Å². The first kappa shape index (κ1) is 22.3. The topological polar surface area (TPSA) is 79.2 Å². The van der Waals surface area contributed by atoms with Crippen molar-refractivity contribution in [3.8, 4) is 11.1 Å². The second kappa shape index (κ2) is 8.59. The van der Waals surface area contributed by atoms with Crippen LogP contribution in [0, 0.1) is 0 Å². The zero-order valence-electron chi connectivity index (χ0n) is 17.8. The molecule has 0 atom stereocenters. The van der Waals surface area contributed by atoms with E-state index >= 15 is 0 Å². The molecule has 4 rings (SSSR count). The number of nitrogens with zero attached hydrogens (tertiary/aromatic N) is 2. The van der Waals surface area contributed by atoms with Gasteiger partial charge in [0.2, 0.25) is 5.95 Å². The number of hydrogen-bond donors (Lipinski definition) is 3. The number of carbonyl (C=O) groups excluding carboxylic acids is 1. The molecular weight excluding hydrogens is 433 g/mol. The van der Waals surface area contributed by atoms with Crippen LogP contribution in [0.5, 0.6) is 0 Å². The van der Waals surface area contributed by atoms with Crippen LogP contribution >= 0.6 is 0 Å². The molecule has 4 aromatic rings. The van der Waals surface area contributed by atoms with Crippen LogP contribution in [0.1, 0.15) is 35.8 Å². The fraction of sp³-hybridized carbons (Fsp3) is 0.167. The maximum Gasteiger partial charge on any atom is 0.417 e. The van der Waals surface area contributed by atoms with Crippen molar-refractivity contribution in [1.29, 1.82) is 0 Å². The summed E-state index contributed by atoms with van der Waals surface area (Å²) in [5, 5.41) is 12.0. The summed E-state index contributed by atoms with van der Waals surface area (Å²) < 4.78 is 43.6. The van der Waals surface area contributed by atoms with E-state index in [9.17, 15) is 18.0 Å². The van der Waals surface area contributed by atoms with Crippen molar-refractivity contribution in [1.82, 2.24) is 15.0 Å². The molecule has 6 nitrogen and oxygen atoms in total. The van der Waals surface area contributed by atoms with Crippen LogP contribution < -0.4 is 10.8 Å². The van der Waals surface area contributed by atoms with Crippen molar-refractivity contribution >= 4 is 28.6 Å². The lowest BCUT2D eigenvalue weighted by atomic mass is 9.98. The minimum absolute atomic E-state index is 0.0746. The van der Waals surface area contributed by atoms with Gasteiger partial charge in [0, 0.05) is 17.3 Å². The molecule has 0 saturated carbocycles. The zero-order chi connectivity index (χ0) is 23.8. The summed E-state index contributed by atoms with van der Waals surface area (Å²) in [5.41, 5.74) is 2.79. The highest BCUT2D eigenvalue weighted by Gasteiger charge is 2.35. The number of anilines is 2. The molecule has 0 unspecified atom stereocenters. The molecule has 1 amide bonds. The Morgan fingerprint density at radius 1 is 1.03 bits per heavy atom. The Hall–Kier alpha value is -3.85. The number of amides is 1. The van der Waals surface area contributed by atoms with Crippen LogP contribution in [0.15, 0.2) is 66.7 Å². The number of alkyl halides is 3. The molecule has 0 saturated heterocycles. The van der Waals surface area contributed by atoms with E-state index < -0.39 is 17.6 Å². The molecule has 3 N–H and O–H groups in total. The lowest BCUT2D eigenvalue weighted by Crippen LogP contribution is -2.18. The Balaban J connectivity index is 1.89. The summed E-state index contributed by atoms with van der Waals surface area (Å²) in [4.78, 5) is 16.2.